The summed E-state index contributed by atoms with van der Waals surface area (Å²) < 4.78 is 33.5. The fourth-order valence-electron chi connectivity index (χ4n) is 6.00. The van der Waals surface area contributed by atoms with Crippen LogP contribution < -0.4 is 19.9 Å². The quantitative estimate of drug-likeness (QED) is 0.617. The minimum atomic E-state index is -0.310. The lowest BCUT2D eigenvalue weighted by molar-refractivity contribution is -0.114. The van der Waals surface area contributed by atoms with Gasteiger partial charge in [0.05, 0.1) is 19.3 Å². The summed E-state index contributed by atoms with van der Waals surface area (Å²) >= 11 is 0. The Kier molecular flexibility index (Phi) is 7.12. The van der Waals surface area contributed by atoms with Gasteiger partial charge in [0.15, 0.2) is 5.78 Å². The van der Waals surface area contributed by atoms with Gasteiger partial charge in [-0.25, -0.2) is 4.39 Å². The van der Waals surface area contributed by atoms with Crippen molar-refractivity contribution in [2.24, 2.45) is 0 Å². The van der Waals surface area contributed by atoms with Crippen molar-refractivity contribution in [1.29, 1.82) is 0 Å². The van der Waals surface area contributed by atoms with Crippen molar-refractivity contribution in [3.05, 3.63) is 69.4 Å². The SMILES string of the molecule is O=C1C=C2C[C@H](c3ccc(OCCN4CCCCCC4)cc3)OCC2=c2c(F)cc3c(c2C1)OCCC=3. The summed E-state index contributed by atoms with van der Waals surface area (Å²) in [6.45, 7) is 4.78. The van der Waals surface area contributed by atoms with Crippen LogP contribution in [0.4, 0.5) is 4.39 Å². The molecular formula is C31H34FNO4. The molecule has 0 saturated carbocycles. The van der Waals surface area contributed by atoms with E-state index in [2.05, 4.69) is 4.90 Å². The van der Waals surface area contributed by atoms with E-state index in [4.69, 9.17) is 14.2 Å². The van der Waals surface area contributed by atoms with E-state index in [1.54, 1.807) is 6.08 Å². The summed E-state index contributed by atoms with van der Waals surface area (Å²) in [6.07, 6.45) is 10.1. The van der Waals surface area contributed by atoms with Crippen LogP contribution in [0.1, 0.15) is 55.8 Å². The maximum Gasteiger partial charge on any atom is 0.160 e. The molecule has 0 bridgehead atoms. The molecule has 6 rings (SSSR count). The average Bonchev–Trinajstić information content (AvgIpc) is 3.26. The number of likely N-dealkylation sites (tertiary alicyclic amines) is 1. The maximum absolute atomic E-state index is 15.3. The molecule has 0 unspecified atom stereocenters. The normalized spacial score (nSPS) is 21.9. The molecule has 1 atom stereocenters. The fraction of sp³-hybridized carbons (Fsp3) is 0.452. The number of carbonyl (C=O) groups is 1. The molecule has 0 amide bonds. The number of hydrogen-bond acceptors (Lipinski definition) is 5. The van der Waals surface area contributed by atoms with Gasteiger partial charge in [0.1, 0.15) is 23.9 Å². The van der Waals surface area contributed by atoms with Crippen molar-refractivity contribution >= 4 is 17.4 Å². The lowest BCUT2D eigenvalue weighted by Crippen LogP contribution is -2.30. The lowest BCUT2D eigenvalue weighted by Gasteiger charge is -2.28. The maximum atomic E-state index is 15.3. The van der Waals surface area contributed by atoms with E-state index in [1.807, 2.05) is 30.3 Å². The van der Waals surface area contributed by atoms with Crippen LogP contribution in [-0.4, -0.2) is 50.1 Å². The summed E-state index contributed by atoms with van der Waals surface area (Å²) in [4.78, 5) is 15.4. The van der Waals surface area contributed by atoms with Gasteiger partial charge in [-0.1, -0.05) is 31.1 Å². The highest BCUT2D eigenvalue weighted by atomic mass is 19.1. The van der Waals surface area contributed by atoms with Gasteiger partial charge in [-0.3, -0.25) is 9.69 Å². The molecular weight excluding hydrogens is 469 g/mol. The standard InChI is InChI=1S/C31H34FNO4/c32-28-17-22-6-5-14-36-31(22)26-19-24(34)16-23-18-29(37-20-27(23)30(26)28)21-7-9-25(10-8-21)35-15-13-33-11-3-1-2-4-12-33/h6-10,16-17,29H,1-5,11-15,18-20H2/t29-/m1/s1. The third-order valence-electron chi connectivity index (χ3n) is 7.92. The van der Waals surface area contributed by atoms with E-state index >= 15 is 4.39 Å². The number of nitrogens with zero attached hydrogens (tertiary/aromatic N) is 1. The van der Waals surface area contributed by atoms with E-state index < -0.39 is 0 Å². The molecule has 0 aromatic heterocycles. The van der Waals surface area contributed by atoms with Crippen LogP contribution in [0, 0.1) is 5.82 Å². The number of fused-ring (bicyclic) bond motifs is 4. The lowest BCUT2D eigenvalue weighted by atomic mass is 9.91. The van der Waals surface area contributed by atoms with Crippen molar-refractivity contribution in [3.63, 3.8) is 0 Å². The molecule has 2 aromatic rings. The van der Waals surface area contributed by atoms with Crippen molar-refractivity contribution in [1.82, 2.24) is 4.90 Å². The predicted molar refractivity (Wildman–Crippen MR) is 141 cm³/mol. The predicted octanol–water partition coefficient (Wildman–Crippen LogP) is 4.01. The number of ketones is 1. The minimum absolute atomic E-state index is 0.0259. The van der Waals surface area contributed by atoms with Crippen LogP contribution in [-0.2, 0) is 16.0 Å². The summed E-state index contributed by atoms with van der Waals surface area (Å²) in [7, 11) is 0. The first-order valence-corrected chi connectivity index (χ1v) is 13.6. The Hall–Kier alpha value is -2.96. The Morgan fingerprint density at radius 1 is 1.08 bits per heavy atom. The molecule has 3 heterocycles. The Morgan fingerprint density at radius 2 is 1.89 bits per heavy atom. The van der Waals surface area contributed by atoms with Gasteiger partial charge in [0.2, 0.25) is 0 Å². The molecule has 3 aliphatic heterocycles. The first kappa shape index (κ1) is 24.4. The van der Waals surface area contributed by atoms with E-state index in [1.165, 1.54) is 44.8 Å². The van der Waals surface area contributed by atoms with Gasteiger partial charge in [0, 0.05) is 41.8 Å². The third kappa shape index (κ3) is 5.23. The smallest absolute Gasteiger partial charge is 0.160 e. The number of rotatable bonds is 5. The highest BCUT2D eigenvalue weighted by Gasteiger charge is 2.29. The van der Waals surface area contributed by atoms with Gasteiger partial charge in [-0.05, 0) is 66.9 Å². The van der Waals surface area contributed by atoms with E-state index in [9.17, 15) is 4.79 Å². The van der Waals surface area contributed by atoms with Gasteiger partial charge >= 0.3 is 0 Å². The van der Waals surface area contributed by atoms with Crippen LogP contribution in [0.3, 0.4) is 0 Å². The molecule has 2 saturated heterocycles. The minimum Gasteiger partial charge on any atom is -0.492 e. The number of benzene rings is 2. The van der Waals surface area contributed by atoms with E-state index in [-0.39, 0.29) is 30.7 Å². The second-order valence-electron chi connectivity index (χ2n) is 10.4. The molecule has 0 N–H and O–H groups in total. The summed E-state index contributed by atoms with van der Waals surface area (Å²) in [5, 5.41) is 1.22. The molecule has 1 aliphatic carbocycles. The zero-order valence-electron chi connectivity index (χ0n) is 21.3. The average molecular weight is 504 g/mol. The van der Waals surface area contributed by atoms with Gasteiger partial charge in [-0.15, -0.1) is 0 Å². The molecule has 4 aliphatic rings. The van der Waals surface area contributed by atoms with Crippen LogP contribution in [0.5, 0.6) is 11.5 Å². The number of hydrogen-bond donors (Lipinski definition) is 0. The second-order valence-corrected chi connectivity index (χ2v) is 10.4. The molecule has 0 radical (unpaired) electrons. The summed E-state index contributed by atoms with van der Waals surface area (Å²) in [5.74, 6) is 1.16. The molecule has 0 spiro atoms. The Morgan fingerprint density at radius 3 is 2.70 bits per heavy atom. The molecule has 5 nitrogen and oxygen atoms in total. The number of halogens is 1. The summed E-state index contributed by atoms with van der Waals surface area (Å²) in [5.41, 5.74) is 3.30. The van der Waals surface area contributed by atoms with E-state index in [0.717, 1.165) is 40.6 Å². The number of allylic oxidation sites excluding steroid dienone is 1. The largest absolute Gasteiger partial charge is 0.492 e. The van der Waals surface area contributed by atoms with Crippen molar-refractivity contribution in [3.8, 4) is 11.5 Å². The molecule has 6 heteroatoms. The first-order chi connectivity index (χ1) is 18.2. The number of ether oxygens (including phenoxy) is 3. The highest BCUT2D eigenvalue weighted by molar-refractivity contribution is 5.97. The number of carbonyl (C=O) groups excluding carboxylic acids is 1. The van der Waals surface area contributed by atoms with Crippen molar-refractivity contribution < 1.29 is 23.4 Å². The van der Waals surface area contributed by atoms with Crippen LogP contribution in [0.15, 0.2) is 42.0 Å². The zero-order chi connectivity index (χ0) is 25.2. The monoisotopic (exact) mass is 503 g/mol. The topological polar surface area (TPSA) is 48.0 Å². The fourth-order valence-corrected chi connectivity index (χ4v) is 6.00. The van der Waals surface area contributed by atoms with Gasteiger partial charge in [-0.2, -0.15) is 0 Å². The highest BCUT2D eigenvalue weighted by Crippen LogP contribution is 2.36. The first-order valence-electron chi connectivity index (χ1n) is 13.6. The molecule has 2 fully saturated rings. The zero-order valence-corrected chi connectivity index (χ0v) is 21.3. The second kappa shape index (κ2) is 10.8. The molecule has 2 aromatic carbocycles. The Balaban J connectivity index is 1.18. The third-order valence-corrected chi connectivity index (χ3v) is 7.92. The van der Waals surface area contributed by atoms with Crippen LogP contribution in [0.2, 0.25) is 0 Å². The summed E-state index contributed by atoms with van der Waals surface area (Å²) in [6, 6.07) is 9.57. The Labute approximate surface area is 217 Å². The van der Waals surface area contributed by atoms with Crippen LogP contribution >= 0.6 is 0 Å². The van der Waals surface area contributed by atoms with Crippen molar-refractivity contribution in [2.45, 2.75) is 51.0 Å². The molecule has 194 valence electrons. The van der Waals surface area contributed by atoms with Gasteiger partial charge in [0.25, 0.3) is 0 Å². The van der Waals surface area contributed by atoms with Crippen molar-refractivity contribution in [2.75, 3.05) is 39.5 Å². The van der Waals surface area contributed by atoms with Crippen LogP contribution in [0.25, 0.3) is 11.6 Å². The Bertz CT molecular complexity index is 1320. The molecule has 37 heavy (non-hydrogen) atoms. The van der Waals surface area contributed by atoms with E-state index in [0.29, 0.717) is 36.2 Å². The van der Waals surface area contributed by atoms with Gasteiger partial charge < -0.3 is 14.2 Å².